The van der Waals surface area contributed by atoms with Crippen molar-refractivity contribution in [3.8, 4) is 11.5 Å². The molecule has 1 spiro atoms. The number of phosphoric ester groups is 1. The Morgan fingerprint density at radius 3 is 2.02 bits per heavy atom. The second-order valence-electron chi connectivity index (χ2n) is 14.3. The molecule has 2 aromatic rings. The van der Waals surface area contributed by atoms with Gasteiger partial charge in [0.05, 0.1) is 12.1 Å². The number of aliphatic hydroxyl groups is 5. The van der Waals surface area contributed by atoms with Gasteiger partial charge in [-0.05, 0) is 79.5 Å². The van der Waals surface area contributed by atoms with Crippen molar-refractivity contribution in [1.82, 2.24) is 0 Å². The highest BCUT2D eigenvalue weighted by Gasteiger charge is 2.77. The van der Waals surface area contributed by atoms with Crippen LogP contribution in [0.2, 0.25) is 5.02 Å². The van der Waals surface area contributed by atoms with Crippen molar-refractivity contribution in [3.05, 3.63) is 64.2 Å². The van der Waals surface area contributed by atoms with Crippen LogP contribution >= 0.6 is 19.4 Å². The third-order valence-electron chi connectivity index (χ3n) is 11.4. The maximum absolute atomic E-state index is 12.8. The first-order valence-corrected chi connectivity index (χ1v) is 18.9. The predicted octanol–water partition coefficient (Wildman–Crippen LogP) is 2.74. The van der Waals surface area contributed by atoms with Crippen LogP contribution < -0.4 is 9.26 Å². The summed E-state index contributed by atoms with van der Waals surface area (Å²) in [6.07, 6.45) is -3.66. The molecule has 4 unspecified atom stereocenters. The number of ether oxygens (including phenoxy) is 3. The van der Waals surface area contributed by atoms with Crippen LogP contribution in [-0.4, -0.2) is 92.8 Å². The lowest BCUT2D eigenvalue weighted by molar-refractivity contribution is -0.645. The second-order valence-corrected chi connectivity index (χ2v) is 16.0. The summed E-state index contributed by atoms with van der Waals surface area (Å²) < 4.78 is 40.0. The van der Waals surface area contributed by atoms with Crippen LogP contribution in [-0.2, 0) is 45.5 Å². The average molecular weight is 769 g/mol. The molecule has 5 aliphatic carbocycles. The number of carbonyl (C=O) groups is 1. The van der Waals surface area contributed by atoms with Gasteiger partial charge in [0.15, 0.2) is 5.60 Å². The van der Waals surface area contributed by atoms with Gasteiger partial charge in [-0.15, -0.1) is 0 Å². The summed E-state index contributed by atoms with van der Waals surface area (Å²) in [5, 5.41) is 50.1. The molecule has 2 aromatic carbocycles. The summed E-state index contributed by atoms with van der Waals surface area (Å²) in [7, 11) is -2.20. The fourth-order valence-corrected chi connectivity index (χ4v) is 10.4. The number of hydrogen-bond acceptors (Lipinski definition) is 14. The topological polar surface area (TPSA) is 220 Å². The van der Waals surface area contributed by atoms with Gasteiger partial charge in [-0.2, -0.15) is 4.89 Å². The normalized spacial score (nSPS) is 38.9. The van der Waals surface area contributed by atoms with Crippen molar-refractivity contribution in [2.75, 3.05) is 14.2 Å². The number of methoxy groups -OCH3 is 2. The Morgan fingerprint density at radius 2 is 1.48 bits per heavy atom. The molecule has 5 saturated carbocycles. The van der Waals surface area contributed by atoms with E-state index in [4.69, 9.17) is 44.6 Å². The molecule has 1 heterocycles. The first-order valence-electron chi connectivity index (χ1n) is 17.1. The quantitative estimate of drug-likeness (QED) is 0.0838. The summed E-state index contributed by atoms with van der Waals surface area (Å²) in [5.74, 6) is 0.0325. The van der Waals surface area contributed by atoms with Gasteiger partial charge in [0.2, 0.25) is 0 Å². The van der Waals surface area contributed by atoms with E-state index in [2.05, 4.69) is 0 Å². The predicted molar refractivity (Wildman–Crippen MR) is 179 cm³/mol. The summed E-state index contributed by atoms with van der Waals surface area (Å²) in [6, 6.07) is 9.30. The van der Waals surface area contributed by atoms with E-state index in [0.29, 0.717) is 28.5 Å². The van der Waals surface area contributed by atoms with E-state index in [1.807, 2.05) is 0 Å². The van der Waals surface area contributed by atoms with Crippen molar-refractivity contribution < 1.29 is 72.8 Å². The molecule has 15 nitrogen and oxygen atoms in total. The summed E-state index contributed by atoms with van der Waals surface area (Å²) in [6.45, 7) is -0.0501. The number of halogens is 1. The maximum atomic E-state index is 12.8. The highest BCUT2D eigenvalue weighted by atomic mass is 35.5. The zero-order valence-electron chi connectivity index (χ0n) is 28.3. The number of aliphatic hydroxyl groups excluding tert-OH is 5. The Morgan fingerprint density at radius 1 is 0.885 bits per heavy atom. The number of rotatable bonds is 11. The van der Waals surface area contributed by atoms with Gasteiger partial charge in [0.25, 0.3) is 5.79 Å². The van der Waals surface area contributed by atoms with E-state index in [9.17, 15) is 39.8 Å². The highest BCUT2D eigenvalue weighted by molar-refractivity contribution is 7.47. The number of benzene rings is 2. The van der Waals surface area contributed by atoms with E-state index in [-0.39, 0.29) is 35.0 Å². The lowest BCUT2D eigenvalue weighted by Crippen LogP contribution is -2.76. The van der Waals surface area contributed by atoms with Crippen molar-refractivity contribution in [2.24, 2.45) is 23.7 Å². The van der Waals surface area contributed by atoms with Crippen LogP contribution in [0.15, 0.2) is 42.5 Å². The lowest BCUT2D eigenvalue weighted by atomic mass is 9.47. The first-order chi connectivity index (χ1) is 24.7. The molecule has 1 aliphatic heterocycles. The number of hydrogen-bond donors (Lipinski definition) is 6. The fourth-order valence-electron chi connectivity index (χ4n) is 9.09. The number of phosphoric acid groups is 1. The highest BCUT2D eigenvalue weighted by Crippen LogP contribution is 2.70. The van der Waals surface area contributed by atoms with Gasteiger partial charge in [0.1, 0.15) is 54.7 Å². The Labute approximate surface area is 304 Å². The zero-order chi connectivity index (χ0) is 37.2. The molecule has 6 fully saturated rings. The molecule has 17 heteroatoms. The van der Waals surface area contributed by atoms with Gasteiger partial charge in [-0.25, -0.2) is 14.2 Å². The van der Waals surface area contributed by atoms with E-state index in [1.165, 1.54) is 49.9 Å². The lowest BCUT2D eigenvalue weighted by Gasteiger charge is -2.68. The van der Waals surface area contributed by atoms with Crippen LogP contribution in [0.1, 0.15) is 48.8 Å². The summed E-state index contributed by atoms with van der Waals surface area (Å²) in [4.78, 5) is 34.4. The Kier molecular flexibility index (Phi) is 10.3. The van der Waals surface area contributed by atoms with Gasteiger partial charge in [-0.3, -0.25) is 9.42 Å². The number of esters is 1. The minimum atomic E-state index is -5.04. The van der Waals surface area contributed by atoms with Gasteiger partial charge in [0, 0.05) is 24.3 Å². The van der Waals surface area contributed by atoms with E-state index in [1.54, 1.807) is 19.2 Å². The molecule has 0 radical (unpaired) electrons. The molecular weight excluding hydrogens is 727 g/mol. The van der Waals surface area contributed by atoms with Gasteiger partial charge in [-0.1, -0.05) is 35.9 Å². The minimum Gasteiger partial charge on any atom is -0.487 e. The monoisotopic (exact) mass is 768 g/mol. The molecule has 52 heavy (non-hydrogen) atoms. The molecule has 4 bridgehead atoms. The molecule has 6 aliphatic rings. The third kappa shape index (κ3) is 6.28. The Hall–Kier alpha value is -2.63. The van der Waals surface area contributed by atoms with Gasteiger partial charge >= 0.3 is 13.8 Å². The third-order valence-corrected chi connectivity index (χ3v) is 12.7. The Bertz CT molecular complexity index is 1690. The Balaban J connectivity index is 1.10. The van der Waals surface area contributed by atoms with Crippen LogP contribution in [0, 0.1) is 23.7 Å². The van der Waals surface area contributed by atoms with Crippen molar-refractivity contribution in [1.29, 1.82) is 0 Å². The van der Waals surface area contributed by atoms with Crippen LogP contribution in [0.4, 0.5) is 0 Å². The van der Waals surface area contributed by atoms with E-state index in [0.717, 1.165) is 25.7 Å². The molecule has 8 rings (SSSR count). The zero-order valence-corrected chi connectivity index (χ0v) is 30.0. The van der Waals surface area contributed by atoms with E-state index < -0.39 is 61.8 Å². The summed E-state index contributed by atoms with van der Waals surface area (Å²) in [5.41, 5.74) is 0.869. The largest absolute Gasteiger partial charge is 0.527 e. The van der Waals surface area contributed by atoms with E-state index >= 15 is 0 Å². The fraction of sp³-hybridized carbons (Fsp3) is 0.571. The molecule has 8 atom stereocenters. The first kappa shape index (κ1) is 37.7. The minimum absolute atomic E-state index is 0.0501. The molecule has 0 amide bonds. The van der Waals surface area contributed by atoms with Crippen LogP contribution in [0.25, 0.3) is 6.08 Å². The molecule has 0 aromatic heterocycles. The maximum Gasteiger partial charge on any atom is 0.527 e. The SMILES string of the molecule is COC(=O)/C=C/c1ccc(C2(OC)OOC23C2CC4CC(C2)CC3C4)c(Cl)c1OCc1ccc(OP(=O)(O)OC2[C@H](O)[C@H](O)C(O)[C@H](O)[C@H]2O)cc1. The standard InChI is InChI=1S/C35H42ClO15P/c1-45-25(37)10-6-20-5-9-24(35(46-2)34(50-51-35)21-12-18-11-19(14-21)15-22(34)13-18)26(36)32(20)47-16-17-3-7-23(8-4-17)48-52(43,44)49-33-30(41)28(39)27(38)29(40)31(33)42/h3-10,18-19,21-22,27-31,33,38-42H,11-16H2,1-2H3,(H,43,44)/b10-6+/t18?,19?,21?,22?,27?,28-,29+,30-,31-,33?,34?,35?/m1/s1. The van der Waals surface area contributed by atoms with Crippen molar-refractivity contribution >= 4 is 31.5 Å². The second kappa shape index (κ2) is 14.2. The van der Waals surface area contributed by atoms with Crippen LogP contribution in [0.5, 0.6) is 11.5 Å². The van der Waals surface area contributed by atoms with Crippen molar-refractivity contribution in [2.45, 2.75) is 86.7 Å². The molecule has 1 saturated heterocycles. The smallest absolute Gasteiger partial charge is 0.487 e. The molecule has 6 N–H and O–H groups in total. The van der Waals surface area contributed by atoms with Crippen molar-refractivity contribution in [3.63, 3.8) is 0 Å². The average Bonchev–Trinajstić information content (AvgIpc) is 3.11. The molecule has 284 valence electrons. The summed E-state index contributed by atoms with van der Waals surface area (Å²) >= 11 is 7.16. The van der Waals surface area contributed by atoms with Gasteiger partial charge < -0.3 is 44.3 Å². The van der Waals surface area contributed by atoms with Crippen LogP contribution in [0.3, 0.4) is 0 Å². The number of carbonyl (C=O) groups excluding carboxylic acids is 1. The molecular formula is C35H42ClO15P.